The molecule has 0 saturated carbocycles. The Kier molecular flexibility index (Phi) is 4.70. The van der Waals surface area contributed by atoms with E-state index in [1.165, 1.54) is 23.1 Å². The fraction of sp³-hybridized carbons (Fsp3) is 0.214. The number of anilines is 2. The molecule has 20 heavy (non-hydrogen) atoms. The Morgan fingerprint density at radius 2 is 2.25 bits per heavy atom. The van der Waals surface area contributed by atoms with Crippen molar-refractivity contribution in [1.29, 1.82) is 0 Å². The minimum absolute atomic E-state index is 0.178. The highest BCUT2D eigenvalue weighted by Crippen LogP contribution is 2.19. The number of nitrogens with zero attached hydrogens (tertiary/aromatic N) is 1. The van der Waals surface area contributed by atoms with Crippen molar-refractivity contribution in [1.82, 2.24) is 4.90 Å². The number of thiophene rings is 1. The van der Waals surface area contributed by atoms with Gasteiger partial charge in [0.1, 0.15) is 5.82 Å². The summed E-state index contributed by atoms with van der Waals surface area (Å²) in [5.74, 6) is -0.599. The maximum absolute atomic E-state index is 12.9. The molecular weight excluding hydrogens is 277 g/mol. The van der Waals surface area contributed by atoms with Gasteiger partial charge in [-0.1, -0.05) is 6.07 Å². The Bertz CT molecular complexity index is 586. The van der Waals surface area contributed by atoms with Crippen LogP contribution in [0.5, 0.6) is 0 Å². The van der Waals surface area contributed by atoms with Gasteiger partial charge in [0.2, 0.25) is 5.91 Å². The fourth-order valence-electron chi connectivity index (χ4n) is 1.81. The summed E-state index contributed by atoms with van der Waals surface area (Å²) in [7, 11) is 1.87. The molecular formula is C14H16FN3OS. The van der Waals surface area contributed by atoms with Gasteiger partial charge in [-0.05, 0) is 36.7 Å². The van der Waals surface area contributed by atoms with Gasteiger partial charge < -0.3 is 11.1 Å². The molecule has 106 valence electrons. The van der Waals surface area contributed by atoms with Crippen molar-refractivity contribution >= 4 is 28.6 Å². The van der Waals surface area contributed by atoms with Crippen LogP contribution in [0, 0.1) is 5.82 Å². The molecule has 0 aliphatic heterocycles. The van der Waals surface area contributed by atoms with E-state index in [1.54, 1.807) is 11.3 Å². The maximum atomic E-state index is 12.9. The predicted octanol–water partition coefficient (Wildman–Crippen LogP) is 2.54. The Balaban J connectivity index is 1.88. The van der Waals surface area contributed by atoms with Crippen LogP contribution in [-0.2, 0) is 11.3 Å². The lowest BCUT2D eigenvalue weighted by Crippen LogP contribution is -2.29. The van der Waals surface area contributed by atoms with Crippen molar-refractivity contribution in [3.8, 4) is 0 Å². The zero-order valence-corrected chi connectivity index (χ0v) is 11.9. The Morgan fingerprint density at radius 1 is 1.45 bits per heavy atom. The molecule has 0 unspecified atom stereocenters. The number of nitrogens with one attached hydrogen (secondary N) is 1. The van der Waals surface area contributed by atoms with Crippen LogP contribution in [0.4, 0.5) is 15.8 Å². The summed E-state index contributed by atoms with van der Waals surface area (Å²) in [6.07, 6.45) is 0. The lowest BCUT2D eigenvalue weighted by Gasteiger charge is -2.15. The van der Waals surface area contributed by atoms with Crippen LogP contribution >= 0.6 is 11.3 Å². The predicted molar refractivity (Wildman–Crippen MR) is 80.1 cm³/mol. The van der Waals surface area contributed by atoms with Crippen molar-refractivity contribution in [3.63, 3.8) is 0 Å². The van der Waals surface area contributed by atoms with E-state index >= 15 is 0 Å². The van der Waals surface area contributed by atoms with Gasteiger partial charge in [-0.25, -0.2) is 4.39 Å². The van der Waals surface area contributed by atoms with Crippen LogP contribution in [0.1, 0.15) is 4.88 Å². The van der Waals surface area contributed by atoms with Crippen molar-refractivity contribution < 1.29 is 9.18 Å². The average Bonchev–Trinajstić information content (AvgIpc) is 2.85. The Morgan fingerprint density at radius 3 is 2.90 bits per heavy atom. The topological polar surface area (TPSA) is 58.4 Å². The summed E-state index contributed by atoms with van der Waals surface area (Å²) >= 11 is 1.65. The van der Waals surface area contributed by atoms with E-state index in [-0.39, 0.29) is 18.1 Å². The first-order valence-electron chi connectivity index (χ1n) is 6.10. The first-order chi connectivity index (χ1) is 9.54. The fourth-order valence-corrected chi connectivity index (χ4v) is 2.59. The van der Waals surface area contributed by atoms with Gasteiger partial charge in [-0.3, -0.25) is 9.69 Å². The lowest BCUT2D eigenvalue weighted by molar-refractivity contribution is -0.117. The van der Waals surface area contributed by atoms with Gasteiger partial charge in [-0.15, -0.1) is 11.3 Å². The molecule has 4 nitrogen and oxygen atoms in total. The largest absolute Gasteiger partial charge is 0.397 e. The van der Waals surface area contributed by atoms with Crippen molar-refractivity contribution in [2.75, 3.05) is 24.6 Å². The molecule has 0 spiro atoms. The minimum atomic E-state index is -0.421. The third-order valence-electron chi connectivity index (χ3n) is 2.71. The van der Waals surface area contributed by atoms with Crippen LogP contribution in [0.3, 0.4) is 0 Å². The van der Waals surface area contributed by atoms with Crippen LogP contribution in [0.25, 0.3) is 0 Å². The second kappa shape index (κ2) is 6.49. The minimum Gasteiger partial charge on any atom is -0.397 e. The first kappa shape index (κ1) is 14.5. The lowest BCUT2D eigenvalue weighted by atomic mass is 10.2. The summed E-state index contributed by atoms with van der Waals surface area (Å²) in [5.41, 5.74) is 6.30. The number of hydrogen-bond donors (Lipinski definition) is 2. The molecule has 3 N–H and O–H groups in total. The molecule has 1 aromatic heterocycles. The van der Waals surface area contributed by atoms with E-state index in [0.29, 0.717) is 12.2 Å². The van der Waals surface area contributed by atoms with E-state index < -0.39 is 5.82 Å². The van der Waals surface area contributed by atoms with E-state index in [9.17, 15) is 9.18 Å². The van der Waals surface area contributed by atoms with Gasteiger partial charge in [0, 0.05) is 11.4 Å². The second-order valence-corrected chi connectivity index (χ2v) is 5.56. The molecule has 1 aromatic carbocycles. The number of halogens is 1. The monoisotopic (exact) mass is 293 g/mol. The van der Waals surface area contributed by atoms with Crippen LogP contribution in [0.15, 0.2) is 35.7 Å². The maximum Gasteiger partial charge on any atom is 0.238 e. The molecule has 0 atom stereocenters. The molecule has 0 radical (unpaired) electrons. The SMILES string of the molecule is CN(CC(=O)Nc1ccc(F)cc1N)Cc1cccs1. The highest BCUT2D eigenvalue weighted by molar-refractivity contribution is 7.09. The molecule has 0 bridgehead atoms. The van der Waals surface area contributed by atoms with Gasteiger partial charge >= 0.3 is 0 Å². The number of likely N-dealkylation sites (N-methyl/N-ethyl adjacent to an activating group) is 1. The van der Waals surface area contributed by atoms with Crippen molar-refractivity contribution in [3.05, 3.63) is 46.4 Å². The average molecular weight is 293 g/mol. The Hall–Kier alpha value is -1.92. The third-order valence-corrected chi connectivity index (χ3v) is 3.57. The summed E-state index contributed by atoms with van der Waals surface area (Å²) in [6.45, 7) is 0.957. The van der Waals surface area contributed by atoms with Crippen molar-refractivity contribution in [2.24, 2.45) is 0 Å². The third kappa shape index (κ3) is 4.04. The normalized spacial score (nSPS) is 10.8. The Labute approximate surface area is 121 Å². The number of carbonyl (C=O) groups is 1. The zero-order chi connectivity index (χ0) is 14.5. The van der Waals surface area contributed by atoms with Crippen molar-refractivity contribution in [2.45, 2.75) is 6.54 Å². The van der Waals surface area contributed by atoms with E-state index in [0.717, 1.165) is 0 Å². The van der Waals surface area contributed by atoms with Gasteiger partial charge in [0.05, 0.1) is 17.9 Å². The van der Waals surface area contributed by atoms with E-state index in [2.05, 4.69) is 5.32 Å². The molecule has 2 rings (SSSR count). The van der Waals surface area contributed by atoms with Crippen LogP contribution < -0.4 is 11.1 Å². The molecule has 6 heteroatoms. The molecule has 0 saturated heterocycles. The first-order valence-corrected chi connectivity index (χ1v) is 6.98. The van der Waals surface area contributed by atoms with E-state index in [1.807, 2.05) is 29.5 Å². The number of nitrogens with two attached hydrogens (primary N) is 1. The highest BCUT2D eigenvalue weighted by Gasteiger charge is 2.10. The smallest absolute Gasteiger partial charge is 0.238 e. The summed E-state index contributed by atoms with van der Waals surface area (Å²) < 4.78 is 12.9. The molecule has 0 aliphatic rings. The van der Waals surface area contributed by atoms with Crippen LogP contribution in [-0.4, -0.2) is 24.4 Å². The van der Waals surface area contributed by atoms with Gasteiger partial charge in [0.15, 0.2) is 0 Å². The molecule has 0 aliphatic carbocycles. The quantitative estimate of drug-likeness (QED) is 0.833. The van der Waals surface area contributed by atoms with Gasteiger partial charge in [0.25, 0.3) is 0 Å². The number of amides is 1. The molecule has 2 aromatic rings. The molecule has 1 amide bonds. The van der Waals surface area contributed by atoms with E-state index in [4.69, 9.17) is 5.73 Å². The summed E-state index contributed by atoms with van der Waals surface area (Å²) in [5, 5.41) is 4.68. The number of nitrogen functional groups attached to an aromatic ring is 1. The second-order valence-electron chi connectivity index (χ2n) is 4.53. The number of carbonyl (C=O) groups excluding carboxylic acids is 1. The molecule has 1 heterocycles. The number of benzene rings is 1. The molecule has 0 fully saturated rings. The zero-order valence-electron chi connectivity index (χ0n) is 11.1. The number of rotatable bonds is 5. The summed E-state index contributed by atoms with van der Waals surface area (Å²) in [6, 6.07) is 7.91. The highest BCUT2D eigenvalue weighted by atomic mass is 32.1. The number of hydrogen-bond acceptors (Lipinski definition) is 4. The summed E-state index contributed by atoms with van der Waals surface area (Å²) in [4.78, 5) is 15.0. The van der Waals surface area contributed by atoms with Gasteiger partial charge in [-0.2, -0.15) is 0 Å². The van der Waals surface area contributed by atoms with Crippen LogP contribution in [0.2, 0.25) is 0 Å². The standard InChI is InChI=1S/C14H16FN3OS/c1-18(8-11-3-2-6-20-11)9-14(19)17-13-5-4-10(15)7-12(13)16/h2-7H,8-9,16H2,1H3,(H,17,19).